The summed E-state index contributed by atoms with van der Waals surface area (Å²) < 4.78 is 24.2. The van der Waals surface area contributed by atoms with Gasteiger partial charge in [-0.3, -0.25) is 4.98 Å². The minimum atomic E-state index is -0.432. The van der Waals surface area contributed by atoms with Gasteiger partial charge in [-0.25, -0.2) is 4.39 Å². The lowest BCUT2D eigenvalue weighted by Crippen LogP contribution is -2.09. The van der Waals surface area contributed by atoms with Crippen LogP contribution in [0.1, 0.15) is 25.3 Å². The Morgan fingerprint density at radius 2 is 1.96 bits per heavy atom. The summed E-state index contributed by atoms with van der Waals surface area (Å²) in [5, 5.41) is 1.10. The fourth-order valence-electron chi connectivity index (χ4n) is 2.77. The third-order valence-corrected chi connectivity index (χ3v) is 4.01. The summed E-state index contributed by atoms with van der Waals surface area (Å²) in [7, 11) is 0. The van der Waals surface area contributed by atoms with Crippen LogP contribution in [-0.2, 0) is 11.2 Å². The number of carbonyl (C=O) groups excluding carboxylic acids is 1. The molecule has 0 fully saturated rings. The number of nitrogens with zero attached hydrogens (tertiary/aromatic N) is 1. The molecular formula is C20H21FN2O3. The van der Waals surface area contributed by atoms with Crippen molar-refractivity contribution in [1.29, 1.82) is 0 Å². The maximum absolute atomic E-state index is 13.0. The first kappa shape index (κ1) is 17.9. The summed E-state index contributed by atoms with van der Waals surface area (Å²) >= 11 is 0. The van der Waals surface area contributed by atoms with Crippen molar-refractivity contribution in [3.8, 4) is 11.5 Å². The Balaban J connectivity index is 1.55. The number of Topliss-reactive ketones (excluding diaryl/α,β-unsaturated/α-hetero) is 1. The van der Waals surface area contributed by atoms with Crippen LogP contribution in [0.3, 0.4) is 0 Å². The van der Waals surface area contributed by atoms with Gasteiger partial charge in [0, 0.05) is 29.6 Å². The van der Waals surface area contributed by atoms with Crippen molar-refractivity contribution in [3.63, 3.8) is 0 Å². The van der Waals surface area contributed by atoms with E-state index in [4.69, 9.17) is 9.47 Å². The van der Waals surface area contributed by atoms with E-state index in [1.807, 2.05) is 24.4 Å². The summed E-state index contributed by atoms with van der Waals surface area (Å²) in [6, 6.07) is 7.13. The van der Waals surface area contributed by atoms with E-state index in [-0.39, 0.29) is 5.78 Å². The van der Waals surface area contributed by atoms with E-state index in [0.717, 1.165) is 35.7 Å². The highest BCUT2D eigenvalue weighted by Gasteiger charge is 2.06. The predicted molar refractivity (Wildman–Crippen MR) is 97.1 cm³/mol. The third-order valence-electron chi connectivity index (χ3n) is 4.01. The Kier molecular flexibility index (Phi) is 5.84. The molecule has 0 spiro atoms. The first-order chi connectivity index (χ1) is 12.6. The van der Waals surface area contributed by atoms with E-state index in [2.05, 4.69) is 9.97 Å². The largest absolute Gasteiger partial charge is 0.490 e. The average molecular weight is 356 g/mol. The summed E-state index contributed by atoms with van der Waals surface area (Å²) in [6.45, 7) is 2.25. The van der Waals surface area contributed by atoms with Gasteiger partial charge in [-0.1, -0.05) is 0 Å². The van der Waals surface area contributed by atoms with Gasteiger partial charge in [0.05, 0.1) is 12.4 Å². The van der Waals surface area contributed by atoms with Crippen LogP contribution in [0.4, 0.5) is 4.39 Å². The fraction of sp³-hybridized carbons (Fsp3) is 0.300. The molecule has 0 amide bonds. The zero-order chi connectivity index (χ0) is 18.4. The number of halogens is 1. The minimum Gasteiger partial charge on any atom is -0.490 e. The molecule has 0 unspecified atom stereocenters. The highest BCUT2D eigenvalue weighted by molar-refractivity contribution is 5.84. The van der Waals surface area contributed by atoms with Crippen molar-refractivity contribution in [3.05, 3.63) is 54.2 Å². The molecule has 2 heterocycles. The van der Waals surface area contributed by atoms with Crippen molar-refractivity contribution >= 4 is 16.7 Å². The van der Waals surface area contributed by atoms with Gasteiger partial charge in [-0.2, -0.15) is 0 Å². The summed E-state index contributed by atoms with van der Waals surface area (Å²) in [5.74, 6) is 0.898. The SMILES string of the molecule is CC(=O)CCCc1c[nH]c2ccc(OCCOc3cncc(F)c3)cc12. The monoisotopic (exact) mass is 356 g/mol. The Hall–Kier alpha value is -2.89. The molecular weight excluding hydrogens is 335 g/mol. The molecule has 136 valence electrons. The van der Waals surface area contributed by atoms with Crippen LogP contribution in [0.2, 0.25) is 0 Å². The first-order valence-electron chi connectivity index (χ1n) is 8.57. The van der Waals surface area contributed by atoms with E-state index in [9.17, 15) is 9.18 Å². The van der Waals surface area contributed by atoms with Gasteiger partial charge in [0.25, 0.3) is 0 Å². The predicted octanol–water partition coefficient (Wildman–Crippen LogP) is 4.07. The quantitative estimate of drug-likeness (QED) is 0.587. The van der Waals surface area contributed by atoms with Crippen molar-refractivity contribution in [2.24, 2.45) is 0 Å². The number of hydrogen-bond donors (Lipinski definition) is 1. The highest BCUT2D eigenvalue weighted by atomic mass is 19.1. The average Bonchev–Trinajstić information content (AvgIpc) is 3.01. The molecule has 5 nitrogen and oxygen atoms in total. The van der Waals surface area contributed by atoms with Gasteiger partial charge in [0.1, 0.15) is 36.3 Å². The second-order valence-corrected chi connectivity index (χ2v) is 6.11. The Morgan fingerprint density at radius 1 is 1.15 bits per heavy atom. The normalized spacial score (nSPS) is 10.8. The van der Waals surface area contributed by atoms with E-state index in [0.29, 0.717) is 25.4 Å². The molecule has 0 saturated heterocycles. The number of H-pyrrole nitrogens is 1. The van der Waals surface area contributed by atoms with Crippen LogP contribution in [0, 0.1) is 5.82 Å². The third kappa shape index (κ3) is 4.81. The van der Waals surface area contributed by atoms with Gasteiger partial charge < -0.3 is 19.3 Å². The van der Waals surface area contributed by atoms with E-state index >= 15 is 0 Å². The highest BCUT2D eigenvalue weighted by Crippen LogP contribution is 2.25. The number of carbonyl (C=O) groups is 1. The molecule has 1 N–H and O–H groups in total. The van der Waals surface area contributed by atoms with E-state index in [1.54, 1.807) is 6.92 Å². The molecule has 3 rings (SSSR count). The number of fused-ring (bicyclic) bond motifs is 1. The minimum absolute atomic E-state index is 0.211. The standard InChI is InChI=1S/C20H21FN2O3/c1-14(24)3-2-4-15-11-23-20-6-5-17(10-19(15)20)25-7-8-26-18-9-16(21)12-22-13-18/h5-6,9-13,23H,2-4,7-8H2,1H3. The molecule has 2 aromatic heterocycles. The lowest BCUT2D eigenvalue weighted by Gasteiger charge is -2.08. The Bertz CT molecular complexity index is 892. The molecule has 1 aromatic carbocycles. The smallest absolute Gasteiger partial charge is 0.145 e. The number of hydrogen-bond acceptors (Lipinski definition) is 4. The maximum Gasteiger partial charge on any atom is 0.145 e. The van der Waals surface area contributed by atoms with Crippen LogP contribution >= 0.6 is 0 Å². The zero-order valence-corrected chi connectivity index (χ0v) is 14.6. The van der Waals surface area contributed by atoms with Crippen LogP contribution < -0.4 is 9.47 Å². The molecule has 0 radical (unpaired) electrons. The van der Waals surface area contributed by atoms with Crippen LogP contribution in [-0.4, -0.2) is 29.0 Å². The van der Waals surface area contributed by atoms with Crippen LogP contribution in [0.15, 0.2) is 42.9 Å². The van der Waals surface area contributed by atoms with Gasteiger partial charge in [0.2, 0.25) is 0 Å². The van der Waals surface area contributed by atoms with Gasteiger partial charge in [0.15, 0.2) is 0 Å². The van der Waals surface area contributed by atoms with Crippen molar-refractivity contribution in [1.82, 2.24) is 9.97 Å². The summed E-state index contributed by atoms with van der Waals surface area (Å²) in [4.78, 5) is 18.1. The molecule has 0 aliphatic carbocycles. The van der Waals surface area contributed by atoms with E-state index in [1.165, 1.54) is 17.8 Å². The van der Waals surface area contributed by atoms with Gasteiger partial charge in [-0.05, 0) is 43.5 Å². The van der Waals surface area contributed by atoms with Crippen molar-refractivity contribution < 1.29 is 18.7 Å². The Labute approximate surface area is 151 Å². The van der Waals surface area contributed by atoms with Crippen molar-refractivity contribution in [2.75, 3.05) is 13.2 Å². The van der Waals surface area contributed by atoms with Crippen molar-refractivity contribution in [2.45, 2.75) is 26.2 Å². The molecule has 0 saturated carbocycles. The fourth-order valence-corrected chi connectivity index (χ4v) is 2.77. The Morgan fingerprint density at radius 3 is 2.73 bits per heavy atom. The first-order valence-corrected chi connectivity index (χ1v) is 8.57. The zero-order valence-electron chi connectivity index (χ0n) is 14.6. The number of benzene rings is 1. The van der Waals surface area contributed by atoms with Gasteiger partial charge in [-0.15, -0.1) is 0 Å². The maximum atomic E-state index is 13.0. The lowest BCUT2D eigenvalue weighted by atomic mass is 10.1. The summed E-state index contributed by atoms with van der Waals surface area (Å²) in [6.07, 6.45) is 6.84. The number of rotatable bonds is 9. The number of pyridine rings is 1. The second-order valence-electron chi connectivity index (χ2n) is 6.11. The molecule has 0 atom stereocenters. The second kappa shape index (κ2) is 8.47. The number of aryl methyl sites for hydroxylation is 1. The number of aromatic nitrogens is 2. The number of ether oxygens (including phenoxy) is 2. The van der Waals surface area contributed by atoms with Gasteiger partial charge >= 0.3 is 0 Å². The lowest BCUT2D eigenvalue weighted by molar-refractivity contribution is -0.117. The topological polar surface area (TPSA) is 64.2 Å². The van der Waals surface area contributed by atoms with E-state index < -0.39 is 5.82 Å². The molecule has 0 aliphatic heterocycles. The summed E-state index contributed by atoms with van der Waals surface area (Å²) in [5.41, 5.74) is 2.21. The number of nitrogens with one attached hydrogen (secondary N) is 1. The molecule has 0 aliphatic rings. The molecule has 3 aromatic rings. The molecule has 0 bridgehead atoms. The molecule has 6 heteroatoms. The number of aromatic amines is 1. The van der Waals surface area contributed by atoms with Crippen LogP contribution in [0.5, 0.6) is 11.5 Å². The van der Waals surface area contributed by atoms with Crippen LogP contribution in [0.25, 0.3) is 10.9 Å². The number of ketones is 1. The molecule has 26 heavy (non-hydrogen) atoms.